The summed E-state index contributed by atoms with van der Waals surface area (Å²) in [4.78, 5) is 23.5. The molecule has 0 bridgehead atoms. The van der Waals surface area contributed by atoms with Crippen LogP contribution in [0.4, 0.5) is 10.5 Å². The number of anilines is 1. The molecule has 0 aliphatic carbocycles. The van der Waals surface area contributed by atoms with E-state index < -0.39 is 25.7 Å². The van der Waals surface area contributed by atoms with Crippen molar-refractivity contribution in [1.29, 1.82) is 0 Å². The van der Waals surface area contributed by atoms with Gasteiger partial charge in [0.1, 0.15) is 6.54 Å². The van der Waals surface area contributed by atoms with Gasteiger partial charge in [-0.3, -0.25) is 9.69 Å². The summed E-state index contributed by atoms with van der Waals surface area (Å²) in [6, 6.07) is 5.34. The van der Waals surface area contributed by atoms with Gasteiger partial charge < -0.3 is 14.4 Å². The molecule has 1 N–H and O–H groups in total. The van der Waals surface area contributed by atoms with Crippen LogP contribution in [0.25, 0.3) is 0 Å². The van der Waals surface area contributed by atoms with Crippen molar-refractivity contribution in [2.24, 2.45) is 0 Å². The van der Waals surface area contributed by atoms with Gasteiger partial charge in [0.05, 0.1) is 6.61 Å². The Bertz CT molecular complexity index is 517. The van der Waals surface area contributed by atoms with E-state index in [-0.39, 0.29) is 0 Å². The van der Waals surface area contributed by atoms with Gasteiger partial charge in [0, 0.05) is 11.2 Å². The number of hydrogen-bond donors (Lipinski definition) is 1. The zero-order chi connectivity index (χ0) is 12.0. The fraction of sp³-hybridized carbons (Fsp3) is 0.200. The lowest BCUT2D eigenvalue weighted by molar-refractivity contribution is -0.135. The average Bonchev–Trinajstić information content (AvgIpc) is 2.68. The summed E-state index contributed by atoms with van der Waals surface area (Å²) >= 11 is 0. The smallest absolute Gasteiger partial charge is 0.488 e. The standard InChI is InChI=1S/C10H8BNO5/c13-8(14)4-12-7-3-1-2-6-5-16-11(9(6)7)17-10(12)15/h1-3H,4-5H2,(H,13,14). The average molecular weight is 233 g/mol. The van der Waals surface area contributed by atoms with Gasteiger partial charge in [-0.2, -0.15) is 0 Å². The number of carbonyl (C=O) groups excluding carboxylic acids is 1. The van der Waals surface area contributed by atoms with Gasteiger partial charge in [0.15, 0.2) is 0 Å². The third kappa shape index (κ3) is 1.47. The van der Waals surface area contributed by atoms with Crippen LogP contribution in [-0.4, -0.2) is 30.8 Å². The summed E-state index contributed by atoms with van der Waals surface area (Å²) < 4.78 is 10.3. The molecule has 2 heterocycles. The molecule has 0 spiro atoms. The lowest BCUT2D eigenvalue weighted by Gasteiger charge is -2.28. The first kappa shape index (κ1) is 10.2. The second kappa shape index (κ2) is 3.49. The first-order chi connectivity index (χ1) is 8.16. The maximum absolute atomic E-state index is 11.6. The van der Waals surface area contributed by atoms with Gasteiger partial charge in [-0.1, -0.05) is 12.1 Å². The summed E-state index contributed by atoms with van der Waals surface area (Å²) in [5, 5.41) is 8.78. The largest absolute Gasteiger partial charge is 0.568 e. The molecule has 1 aromatic carbocycles. The van der Waals surface area contributed by atoms with Crippen LogP contribution in [0.3, 0.4) is 0 Å². The van der Waals surface area contributed by atoms with E-state index in [1.807, 2.05) is 6.07 Å². The molecule has 86 valence electrons. The van der Waals surface area contributed by atoms with E-state index in [0.29, 0.717) is 12.3 Å². The normalized spacial score (nSPS) is 16.8. The Hall–Kier alpha value is -2.02. The molecule has 6 nitrogen and oxygen atoms in total. The van der Waals surface area contributed by atoms with Crippen molar-refractivity contribution in [1.82, 2.24) is 0 Å². The molecular weight excluding hydrogens is 225 g/mol. The molecule has 1 aromatic rings. The Labute approximate surface area is 96.9 Å². The van der Waals surface area contributed by atoms with Gasteiger partial charge in [0.25, 0.3) is 0 Å². The molecule has 0 atom stereocenters. The fourth-order valence-corrected chi connectivity index (χ4v) is 2.11. The van der Waals surface area contributed by atoms with E-state index >= 15 is 0 Å². The molecule has 0 saturated heterocycles. The van der Waals surface area contributed by atoms with Crippen molar-refractivity contribution in [2.75, 3.05) is 11.4 Å². The number of carboxylic acid groups (broad SMARTS) is 1. The first-order valence-electron chi connectivity index (χ1n) is 5.10. The van der Waals surface area contributed by atoms with Crippen molar-refractivity contribution < 1.29 is 24.0 Å². The van der Waals surface area contributed by atoms with E-state index in [1.54, 1.807) is 12.1 Å². The Morgan fingerprint density at radius 1 is 1.53 bits per heavy atom. The molecule has 0 radical (unpaired) electrons. The van der Waals surface area contributed by atoms with E-state index in [2.05, 4.69) is 0 Å². The number of amides is 1. The third-order valence-corrected chi connectivity index (χ3v) is 2.81. The highest BCUT2D eigenvalue weighted by molar-refractivity contribution is 6.67. The lowest BCUT2D eigenvalue weighted by atomic mass is 9.76. The van der Waals surface area contributed by atoms with Crippen LogP contribution < -0.4 is 10.4 Å². The Morgan fingerprint density at radius 3 is 3.12 bits per heavy atom. The molecule has 2 aliphatic heterocycles. The summed E-state index contributed by atoms with van der Waals surface area (Å²) in [7, 11) is -0.696. The van der Waals surface area contributed by atoms with Crippen LogP contribution in [0.1, 0.15) is 5.56 Å². The zero-order valence-corrected chi connectivity index (χ0v) is 8.75. The molecule has 0 aromatic heterocycles. The molecule has 1 amide bonds. The topological polar surface area (TPSA) is 76.1 Å². The van der Waals surface area contributed by atoms with Crippen molar-refractivity contribution in [3.05, 3.63) is 23.8 Å². The van der Waals surface area contributed by atoms with Crippen LogP contribution in [0.15, 0.2) is 18.2 Å². The predicted molar refractivity (Wildman–Crippen MR) is 58.1 cm³/mol. The monoisotopic (exact) mass is 233 g/mol. The van der Waals surface area contributed by atoms with Crippen molar-refractivity contribution in [2.45, 2.75) is 6.61 Å². The number of aliphatic carboxylic acids is 1. The van der Waals surface area contributed by atoms with E-state index in [9.17, 15) is 9.59 Å². The molecule has 0 unspecified atom stereocenters. The third-order valence-electron chi connectivity index (χ3n) is 2.81. The Balaban J connectivity index is 2.09. The maximum Gasteiger partial charge on any atom is 0.568 e. The number of carbonyl (C=O) groups is 2. The molecular formula is C10H8BNO5. The number of nitrogens with zero attached hydrogens (tertiary/aromatic N) is 1. The highest BCUT2D eigenvalue weighted by atomic mass is 16.6. The van der Waals surface area contributed by atoms with Crippen molar-refractivity contribution in [3.63, 3.8) is 0 Å². The number of hydrogen-bond acceptors (Lipinski definition) is 4. The fourth-order valence-electron chi connectivity index (χ4n) is 2.11. The second-order valence-electron chi connectivity index (χ2n) is 3.86. The number of benzene rings is 1. The first-order valence-corrected chi connectivity index (χ1v) is 5.10. The highest BCUT2D eigenvalue weighted by Gasteiger charge is 2.44. The van der Waals surface area contributed by atoms with E-state index in [4.69, 9.17) is 14.4 Å². The van der Waals surface area contributed by atoms with Gasteiger partial charge in [-0.05, 0) is 11.6 Å². The minimum atomic E-state index is -1.09. The van der Waals surface area contributed by atoms with E-state index in [1.165, 1.54) is 0 Å². The van der Waals surface area contributed by atoms with Crippen LogP contribution in [0.5, 0.6) is 0 Å². The molecule has 0 saturated carbocycles. The molecule has 7 heteroatoms. The van der Waals surface area contributed by atoms with Crippen LogP contribution in [-0.2, 0) is 20.7 Å². The predicted octanol–water partition coefficient (Wildman–Crippen LogP) is -0.0468. The number of rotatable bonds is 2. The highest BCUT2D eigenvalue weighted by Crippen LogP contribution is 2.25. The number of carboxylic acids is 1. The van der Waals surface area contributed by atoms with Crippen LogP contribution in [0.2, 0.25) is 0 Å². The van der Waals surface area contributed by atoms with Crippen LogP contribution in [0, 0.1) is 0 Å². The van der Waals surface area contributed by atoms with Crippen LogP contribution >= 0.6 is 0 Å². The summed E-state index contributed by atoms with van der Waals surface area (Å²) in [5.41, 5.74) is 2.24. The minimum Gasteiger partial charge on any atom is -0.488 e. The van der Waals surface area contributed by atoms with Gasteiger partial charge in [0.2, 0.25) is 0 Å². The quantitative estimate of drug-likeness (QED) is 0.725. The molecule has 0 fully saturated rings. The Kier molecular flexibility index (Phi) is 2.09. The molecule has 2 aliphatic rings. The van der Waals surface area contributed by atoms with E-state index in [0.717, 1.165) is 15.9 Å². The van der Waals surface area contributed by atoms with Crippen molar-refractivity contribution >= 4 is 30.3 Å². The summed E-state index contributed by atoms with van der Waals surface area (Å²) in [6.45, 7) is -0.0377. The summed E-state index contributed by atoms with van der Waals surface area (Å²) in [6.07, 6.45) is -0.691. The maximum atomic E-state index is 11.6. The lowest BCUT2D eigenvalue weighted by Crippen LogP contribution is -2.51. The van der Waals surface area contributed by atoms with Gasteiger partial charge in [-0.15, -0.1) is 0 Å². The van der Waals surface area contributed by atoms with Gasteiger partial charge >= 0.3 is 19.2 Å². The zero-order valence-electron chi connectivity index (χ0n) is 8.75. The SMILES string of the molecule is O=C(O)CN1C(=O)OB2OCc3cccc1c32. The van der Waals surface area contributed by atoms with Crippen molar-refractivity contribution in [3.8, 4) is 0 Å². The van der Waals surface area contributed by atoms with Gasteiger partial charge in [-0.25, -0.2) is 4.79 Å². The Morgan fingerprint density at radius 2 is 2.35 bits per heavy atom. The summed E-state index contributed by atoms with van der Waals surface area (Å²) in [5.74, 6) is -1.09. The minimum absolute atomic E-state index is 0.377. The second-order valence-corrected chi connectivity index (χ2v) is 3.86. The molecule has 17 heavy (non-hydrogen) atoms. The molecule has 3 rings (SSSR count).